The molecule has 1 fully saturated rings. The molecule has 1 aliphatic rings. The molecule has 174 valence electrons. The highest BCUT2D eigenvalue weighted by Gasteiger charge is 2.26. The fourth-order valence-corrected chi connectivity index (χ4v) is 4.41. The minimum absolute atomic E-state index is 0.165. The summed E-state index contributed by atoms with van der Waals surface area (Å²) < 4.78 is 22.4. The molecular formula is C25H23ClFN5O2. The maximum absolute atomic E-state index is 15.0. The van der Waals surface area contributed by atoms with Gasteiger partial charge in [-0.1, -0.05) is 11.6 Å². The van der Waals surface area contributed by atoms with Crippen LogP contribution in [0.15, 0.2) is 47.4 Å². The van der Waals surface area contributed by atoms with Gasteiger partial charge < -0.3 is 9.64 Å². The van der Waals surface area contributed by atoms with E-state index in [-0.39, 0.29) is 33.3 Å². The van der Waals surface area contributed by atoms with Gasteiger partial charge in [0.05, 0.1) is 23.2 Å². The van der Waals surface area contributed by atoms with Crippen LogP contribution in [-0.4, -0.2) is 39.2 Å². The summed E-state index contributed by atoms with van der Waals surface area (Å²) in [5.41, 5.74) is 2.59. The van der Waals surface area contributed by atoms with E-state index < -0.39 is 5.82 Å². The first-order chi connectivity index (χ1) is 16.3. The van der Waals surface area contributed by atoms with Gasteiger partial charge in [0.1, 0.15) is 23.6 Å². The Morgan fingerprint density at radius 1 is 1.15 bits per heavy atom. The molecule has 0 aliphatic carbocycles. The van der Waals surface area contributed by atoms with E-state index in [2.05, 4.69) is 14.9 Å². The van der Waals surface area contributed by atoms with Crippen LogP contribution in [0, 0.1) is 19.7 Å². The summed E-state index contributed by atoms with van der Waals surface area (Å²) in [6.45, 7) is 5.36. The minimum atomic E-state index is -0.548. The largest absolute Gasteiger partial charge is 0.370 e. The lowest BCUT2D eigenvalue weighted by atomic mass is 10.1. The number of anilines is 1. The van der Waals surface area contributed by atoms with E-state index in [4.69, 9.17) is 21.3 Å². The number of hydrogen-bond donors (Lipinski definition) is 0. The Morgan fingerprint density at radius 3 is 2.74 bits per heavy atom. The maximum atomic E-state index is 15.0. The summed E-state index contributed by atoms with van der Waals surface area (Å²) in [5.74, 6) is 0.619. The second-order valence-corrected chi connectivity index (χ2v) is 8.84. The minimum Gasteiger partial charge on any atom is -0.370 e. The zero-order valence-electron chi connectivity index (χ0n) is 19.0. The Morgan fingerprint density at radius 2 is 1.97 bits per heavy atom. The summed E-state index contributed by atoms with van der Waals surface area (Å²) in [6.07, 6.45) is 1.60. The second kappa shape index (κ2) is 8.77. The second-order valence-electron chi connectivity index (χ2n) is 8.41. The quantitative estimate of drug-likeness (QED) is 0.434. The van der Waals surface area contributed by atoms with E-state index in [9.17, 15) is 9.18 Å². The lowest BCUT2D eigenvalue weighted by Gasteiger charge is -2.34. The highest BCUT2D eigenvalue weighted by Crippen LogP contribution is 2.33. The number of hydrogen-bond acceptors (Lipinski definition) is 6. The summed E-state index contributed by atoms with van der Waals surface area (Å²) in [6, 6.07) is 10.1. The van der Waals surface area contributed by atoms with Gasteiger partial charge in [-0.15, -0.1) is 0 Å². The molecule has 1 saturated heterocycles. The summed E-state index contributed by atoms with van der Waals surface area (Å²) in [7, 11) is 1.64. The van der Waals surface area contributed by atoms with Crippen LogP contribution in [0.1, 0.15) is 23.2 Å². The van der Waals surface area contributed by atoms with E-state index >= 15 is 0 Å². The van der Waals surface area contributed by atoms with Crippen molar-refractivity contribution in [2.45, 2.75) is 20.0 Å². The number of morpholine rings is 1. The van der Waals surface area contributed by atoms with Crippen LogP contribution < -0.4 is 10.5 Å². The molecule has 4 aromatic rings. The molecule has 1 aromatic carbocycles. The monoisotopic (exact) mass is 479 g/mol. The van der Waals surface area contributed by atoms with Crippen LogP contribution in [0.25, 0.3) is 22.2 Å². The smallest absolute Gasteiger partial charge is 0.263 e. The van der Waals surface area contributed by atoms with Gasteiger partial charge >= 0.3 is 0 Å². The lowest BCUT2D eigenvalue weighted by Crippen LogP contribution is -2.39. The van der Waals surface area contributed by atoms with Crippen molar-refractivity contribution in [3.8, 4) is 11.3 Å². The van der Waals surface area contributed by atoms with E-state index in [1.54, 1.807) is 38.4 Å². The van der Waals surface area contributed by atoms with E-state index in [0.29, 0.717) is 36.9 Å². The Kier molecular flexibility index (Phi) is 5.79. The molecule has 9 heteroatoms. The zero-order chi connectivity index (χ0) is 24.0. The molecule has 34 heavy (non-hydrogen) atoms. The molecular weight excluding hydrogens is 457 g/mol. The zero-order valence-corrected chi connectivity index (χ0v) is 19.8. The number of pyridine rings is 2. The van der Waals surface area contributed by atoms with Crippen molar-refractivity contribution in [3.63, 3.8) is 0 Å². The molecule has 7 nitrogen and oxygen atoms in total. The fourth-order valence-electron chi connectivity index (χ4n) is 4.25. The molecule has 1 aliphatic heterocycles. The van der Waals surface area contributed by atoms with Crippen molar-refractivity contribution < 1.29 is 9.13 Å². The molecule has 0 saturated carbocycles. The average Bonchev–Trinajstić information content (AvgIpc) is 2.82. The van der Waals surface area contributed by atoms with Crippen molar-refractivity contribution in [1.82, 2.24) is 19.5 Å². The van der Waals surface area contributed by atoms with Gasteiger partial charge in [0, 0.05) is 48.7 Å². The Labute approximate surface area is 200 Å². The van der Waals surface area contributed by atoms with E-state index in [1.165, 1.54) is 10.6 Å². The maximum Gasteiger partial charge on any atom is 0.263 e. The molecule has 4 heterocycles. The normalized spacial score (nSPS) is 16.3. The number of fused-ring (bicyclic) bond motifs is 1. The first-order valence-electron chi connectivity index (χ1n) is 10.9. The third kappa shape index (κ3) is 4.03. The predicted octanol–water partition coefficient (Wildman–Crippen LogP) is 4.38. The number of aryl methyl sites for hydroxylation is 2. The van der Waals surface area contributed by atoms with Crippen molar-refractivity contribution in [2.24, 2.45) is 7.05 Å². The lowest BCUT2D eigenvalue weighted by molar-refractivity contribution is 0.0394. The Bertz CT molecular complexity index is 1470. The Balaban J connectivity index is 1.66. The van der Waals surface area contributed by atoms with Gasteiger partial charge in [0.25, 0.3) is 5.56 Å². The molecule has 1 atom stereocenters. The van der Waals surface area contributed by atoms with Gasteiger partial charge in [-0.05, 0) is 49.7 Å². The van der Waals surface area contributed by atoms with E-state index in [0.717, 1.165) is 11.3 Å². The molecule has 3 aromatic heterocycles. The standard InChI is InChI=1S/C25H23ClFN5O2/c1-14-10-16(6-7-28-14)21-13-32(8-9-34-21)22-12-20-23(25(33)31(3)15(2)29-20)24(30-22)18-5-4-17(26)11-19(18)27/h4-7,10-12,21H,8-9,13H2,1-3H3/t21-/m1/s1. The first-order valence-corrected chi connectivity index (χ1v) is 11.3. The fraction of sp³-hybridized carbons (Fsp3) is 0.280. The van der Waals surface area contributed by atoms with Crippen LogP contribution in [-0.2, 0) is 11.8 Å². The number of aromatic nitrogens is 4. The number of nitrogens with zero attached hydrogens (tertiary/aromatic N) is 5. The van der Waals surface area contributed by atoms with Gasteiger partial charge in [-0.25, -0.2) is 14.4 Å². The topological polar surface area (TPSA) is 73.1 Å². The average molecular weight is 480 g/mol. The van der Waals surface area contributed by atoms with Crippen LogP contribution in [0.3, 0.4) is 0 Å². The number of rotatable bonds is 3. The summed E-state index contributed by atoms with van der Waals surface area (Å²) in [4.78, 5) is 28.9. The Hall–Kier alpha value is -3.36. The van der Waals surface area contributed by atoms with Crippen LogP contribution in [0.2, 0.25) is 5.02 Å². The third-order valence-corrected chi connectivity index (χ3v) is 6.38. The van der Waals surface area contributed by atoms with Crippen molar-refractivity contribution in [2.75, 3.05) is 24.6 Å². The van der Waals surface area contributed by atoms with Crippen LogP contribution in [0.4, 0.5) is 10.2 Å². The molecule has 0 radical (unpaired) electrons. The van der Waals surface area contributed by atoms with Crippen LogP contribution >= 0.6 is 11.6 Å². The molecule has 0 spiro atoms. The molecule has 0 amide bonds. The molecule has 5 rings (SSSR count). The van der Waals surface area contributed by atoms with Gasteiger partial charge in [-0.2, -0.15) is 0 Å². The first kappa shape index (κ1) is 22.4. The van der Waals surface area contributed by atoms with Crippen LogP contribution in [0.5, 0.6) is 0 Å². The molecule has 0 unspecified atom stereocenters. The van der Waals surface area contributed by atoms with E-state index in [1.807, 2.05) is 19.1 Å². The highest BCUT2D eigenvalue weighted by atomic mass is 35.5. The highest BCUT2D eigenvalue weighted by molar-refractivity contribution is 6.30. The predicted molar refractivity (Wildman–Crippen MR) is 130 cm³/mol. The summed E-state index contributed by atoms with van der Waals surface area (Å²) in [5, 5.41) is 0.542. The number of benzene rings is 1. The van der Waals surface area contributed by atoms with Gasteiger partial charge in [-0.3, -0.25) is 14.3 Å². The van der Waals surface area contributed by atoms with Crippen molar-refractivity contribution in [1.29, 1.82) is 0 Å². The molecule has 0 bridgehead atoms. The van der Waals surface area contributed by atoms with Gasteiger partial charge in [0.2, 0.25) is 0 Å². The summed E-state index contributed by atoms with van der Waals surface area (Å²) >= 11 is 5.97. The SMILES string of the molecule is Cc1cc([C@H]2CN(c3cc4nc(C)n(C)c(=O)c4c(-c4ccc(Cl)cc4F)n3)CCO2)ccn1. The molecule has 0 N–H and O–H groups in total. The van der Waals surface area contributed by atoms with Crippen molar-refractivity contribution >= 4 is 28.3 Å². The number of halogens is 2. The number of ether oxygens (including phenoxy) is 1. The van der Waals surface area contributed by atoms with Crippen molar-refractivity contribution in [3.05, 3.63) is 80.9 Å². The third-order valence-electron chi connectivity index (χ3n) is 6.14. The van der Waals surface area contributed by atoms with Gasteiger partial charge in [0.15, 0.2) is 0 Å².